The van der Waals surface area contributed by atoms with Crippen LogP contribution in [0, 0.1) is 11.3 Å². The van der Waals surface area contributed by atoms with E-state index in [0.717, 1.165) is 38.3 Å². The third kappa shape index (κ3) is 3.74. The van der Waals surface area contributed by atoms with Crippen molar-refractivity contribution in [2.75, 3.05) is 25.1 Å². The lowest BCUT2D eigenvalue weighted by Crippen LogP contribution is -2.26. The van der Waals surface area contributed by atoms with E-state index in [2.05, 4.69) is 11.4 Å². The summed E-state index contributed by atoms with van der Waals surface area (Å²) in [4.78, 5) is 0. The van der Waals surface area contributed by atoms with E-state index in [9.17, 15) is 0 Å². The van der Waals surface area contributed by atoms with Crippen LogP contribution in [0.3, 0.4) is 0 Å². The molecule has 1 fully saturated rings. The average molecular weight is 232 g/mol. The summed E-state index contributed by atoms with van der Waals surface area (Å²) in [6.45, 7) is 2.39. The number of hydrogen-bond acceptors (Lipinski definition) is 4. The minimum Gasteiger partial charge on any atom is -0.385 e. The number of nitrogens with zero attached hydrogens (tertiary/aromatic N) is 1. The number of benzene rings is 1. The molecule has 1 N–H and O–H groups in total. The van der Waals surface area contributed by atoms with Crippen LogP contribution >= 0.6 is 0 Å². The lowest BCUT2D eigenvalue weighted by atomic mass is 10.2. The van der Waals surface area contributed by atoms with Crippen molar-refractivity contribution in [1.82, 2.24) is 0 Å². The van der Waals surface area contributed by atoms with Gasteiger partial charge in [0.05, 0.1) is 24.8 Å². The van der Waals surface area contributed by atoms with Gasteiger partial charge in [0.2, 0.25) is 0 Å². The molecule has 90 valence electrons. The van der Waals surface area contributed by atoms with Crippen LogP contribution in [0.5, 0.6) is 0 Å². The topological polar surface area (TPSA) is 54.3 Å². The molecule has 4 heteroatoms. The molecule has 17 heavy (non-hydrogen) atoms. The molecule has 1 aromatic carbocycles. The SMILES string of the molecule is N#Cc1ccc(NCCC2OCCCO2)cc1. The third-order valence-electron chi connectivity index (χ3n) is 2.62. The van der Waals surface area contributed by atoms with Crippen LogP contribution in [0.25, 0.3) is 0 Å². The molecule has 2 rings (SSSR count). The highest BCUT2D eigenvalue weighted by Crippen LogP contribution is 2.11. The Labute approximate surface area is 101 Å². The van der Waals surface area contributed by atoms with Gasteiger partial charge in [-0.25, -0.2) is 0 Å². The second-order valence-electron chi connectivity index (χ2n) is 3.93. The van der Waals surface area contributed by atoms with Gasteiger partial charge in [-0.1, -0.05) is 0 Å². The van der Waals surface area contributed by atoms with E-state index in [1.807, 2.05) is 12.1 Å². The molecule has 1 saturated heterocycles. The number of rotatable bonds is 4. The summed E-state index contributed by atoms with van der Waals surface area (Å²) in [5.41, 5.74) is 1.69. The van der Waals surface area contributed by atoms with Gasteiger partial charge in [0.15, 0.2) is 6.29 Å². The fourth-order valence-electron chi connectivity index (χ4n) is 1.70. The zero-order chi connectivity index (χ0) is 11.9. The number of anilines is 1. The molecule has 0 bridgehead atoms. The highest BCUT2D eigenvalue weighted by Gasteiger charge is 2.12. The molecule has 0 aromatic heterocycles. The van der Waals surface area contributed by atoms with Crippen molar-refractivity contribution in [1.29, 1.82) is 5.26 Å². The summed E-state index contributed by atoms with van der Waals surface area (Å²) in [5.74, 6) is 0. The van der Waals surface area contributed by atoms with Crippen molar-refractivity contribution in [3.05, 3.63) is 29.8 Å². The Hall–Kier alpha value is -1.57. The summed E-state index contributed by atoms with van der Waals surface area (Å²) in [5, 5.41) is 11.9. The van der Waals surface area contributed by atoms with Crippen molar-refractivity contribution >= 4 is 5.69 Å². The summed E-state index contributed by atoms with van der Waals surface area (Å²) >= 11 is 0. The smallest absolute Gasteiger partial charge is 0.159 e. The molecule has 1 aliphatic rings. The summed E-state index contributed by atoms with van der Waals surface area (Å²) in [6.07, 6.45) is 1.74. The van der Waals surface area contributed by atoms with Crippen LogP contribution in [-0.4, -0.2) is 26.0 Å². The van der Waals surface area contributed by atoms with Gasteiger partial charge in [-0.2, -0.15) is 5.26 Å². The first kappa shape index (κ1) is 11.9. The molecule has 0 atom stereocenters. The van der Waals surface area contributed by atoms with Crippen molar-refractivity contribution in [2.45, 2.75) is 19.1 Å². The summed E-state index contributed by atoms with van der Waals surface area (Å²) in [6, 6.07) is 9.51. The molecule has 0 spiro atoms. The molecule has 0 radical (unpaired) electrons. The van der Waals surface area contributed by atoms with E-state index in [1.54, 1.807) is 12.1 Å². The minimum atomic E-state index is -0.0744. The average Bonchev–Trinajstić information content (AvgIpc) is 2.41. The first-order chi connectivity index (χ1) is 8.38. The molecule has 0 amide bonds. The summed E-state index contributed by atoms with van der Waals surface area (Å²) < 4.78 is 10.9. The predicted octanol–water partition coefficient (Wildman–Crippen LogP) is 2.12. The Morgan fingerprint density at radius 1 is 1.24 bits per heavy atom. The van der Waals surface area contributed by atoms with Crippen molar-refractivity contribution < 1.29 is 9.47 Å². The lowest BCUT2D eigenvalue weighted by molar-refractivity contribution is -0.179. The molecule has 1 aliphatic heterocycles. The van der Waals surface area contributed by atoms with Gasteiger partial charge in [-0.3, -0.25) is 0 Å². The number of ether oxygens (including phenoxy) is 2. The van der Waals surface area contributed by atoms with Crippen LogP contribution in [0.1, 0.15) is 18.4 Å². The van der Waals surface area contributed by atoms with E-state index < -0.39 is 0 Å². The van der Waals surface area contributed by atoms with Gasteiger partial charge in [-0.15, -0.1) is 0 Å². The number of nitriles is 1. The maximum Gasteiger partial charge on any atom is 0.159 e. The van der Waals surface area contributed by atoms with Crippen molar-refractivity contribution in [3.8, 4) is 6.07 Å². The van der Waals surface area contributed by atoms with Crippen molar-refractivity contribution in [2.24, 2.45) is 0 Å². The fraction of sp³-hybridized carbons (Fsp3) is 0.462. The number of nitrogens with one attached hydrogen (secondary N) is 1. The van der Waals surface area contributed by atoms with Gasteiger partial charge in [0.1, 0.15) is 0 Å². The Bertz CT molecular complexity index is 377. The van der Waals surface area contributed by atoms with Crippen LogP contribution in [0.4, 0.5) is 5.69 Å². The van der Waals surface area contributed by atoms with Gasteiger partial charge >= 0.3 is 0 Å². The second kappa shape index (κ2) is 6.24. The lowest BCUT2D eigenvalue weighted by Gasteiger charge is -2.23. The Balaban J connectivity index is 1.72. The van der Waals surface area contributed by atoms with Crippen LogP contribution in [0.2, 0.25) is 0 Å². The van der Waals surface area contributed by atoms with Crippen molar-refractivity contribution in [3.63, 3.8) is 0 Å². The van der Waals surface area contributed by atoms with Gasteiger partial charge in [0.25, 0.3) is 0 Å². The first-order valence-corrected chi connectivity index (χ1v) is 5.86. The summed E-state index contributed by atoms with van der Waals surface area (Å²) in [7, 11) is 0. The fourth-order valence-corrected chi connectivity index (χ4v) is 1.70. The molecule has 0 aliphatic carbocycles. The largest absolute Gasteiger partial charge is 0.385 e. The molecule has 1 aromatic rings. The molecule has 1 heterocycles. The first-order valence-electron chi connectivity index (χ1n) is 5.86. The van der Waals surface area contributed by atoms with Crippen LogP contribution in [-0.2, 0) is 9.47 Å². The van der Waals surface area contributed by atoms with E-state index >= 15 is 0 Å². The monoisotopic (exact) mass is 232 g/mol. The molecule has 0 unspecified atom stereocenters. The highest BCUT2D eigenvalue weighted by atomic mass is 16.7. The normalized spacial score (nSPS) is 16.4. The molecule has 4 nitrogen and oxygen atoms in total. The maximum atomic E-state index is 8.67. The highest BCUT2D eigenvalue weighted by molar-refractivity contribution is 5.46. The predicted molar refractivity (Wildman–Crippen MR) is 64.6 cm³/mol. The molecular formula is C13H16N2O2. The van der Waals surface area contributed by atoms with Crippen LogP contribution in [0.15, 0.2) is 24.3 Å². The van der Waals surface area contributed by atoms with E-state index in [1.165, 1.54) is 0 Å². The second-order valence-corrected chi connectivity index (χ2v) is 3.93. The third-order valence-corrected chi connectivity index (χ3v) is 2.62. The maximum absolute atomic E-state index is 8.67. The van der Waals surface area contributed by atoms with E-state index in [-0.39, 0.29) is 6.29 Å². The van der Waals surface area contributed by atoms with E-state index in [0.29, 0.717) is 5.56 Å². The zero-order valence-corrected chi connectivity index (χ0v) is 9.69. The quantitative estimate of drug-likeness (QED) is 0.864. The Kier molecular flexibility index (Phi) is 4.37. The Morgan fingerprint density at radius 3 is 2.59 bits per heavy atom. The minimum absolute atomic E-state index is 0.0744. The molecule has 0 saturated carbocycles. The molecular weight excluding hydrogens is 216 g/mol. The Morgan fingerprint density at radius 2 is 1.94 bits per heavy atom. The van der Waals surface area contributed by atoms with Crippen LogP contribution < -0.4 is 5.32 Å². The number of hydrogen-bond donors (Lipinski definition) is 1. The van der Waals surface area contributed by atoms with Gasteiger partial charge in [-0.05, 0) is 30.7 Å². The standard InChI is InChI=1S/C13H16N2O2/c14-10-11-2-4-12(5-3-11)15-7-6-13-16-8-1-9-17-13/h2-5,13,15H,1,6-9H2. The van der Waals surface area contributed by atoms with E-state index in [4.69, 9.17) is 14.7 Å². The van der Waals surface area contributed by atoms with Gasteiger partial charge < -0.3 is 14.8 Å². The zero-order valence-electron chi connectivity index (χ0n) is 9.69. The van der Waals surface area contributed by atoms with Gasteiger partial charge in [0, 0.05) is 18.7 Å².